The van der Waals surface area contributed by atoms with E-state index in [0.29, 0.717) is 22.1 Å². The molecule has 0 unspecified atom stereocenters. The highest BCUT2D eigenvalue weighted by Crippen LogP contribution is 2.27. The lowest BCUT2D eigenvalue weighted by molar-refractivity contribution is 0.431. The Balaban J connectivity index is 2.06. The maximum atomic E-state index is 6.07. The highest BCUT2D eigenvalue weighted by molar-refractivity contribution is 6.33. The van der Waals surface area contributed by atoms with Gasteiger partial charge in [0, 0.05) is 18.0 Å². The monoisotopic (exact) mass is 273 g/mol. The van der Waals surface area contributed by atoms with Gasteiger partial charge in [-0.3, -0.25) is 0 Å². The van der Waals surface area contributed by atoms with E-state index < -0.39 is 0 Å². The third kappa shape index (κ3) is 2.13. The first-order chi connectivity index (χ1) is 9.25. The molecule has 0 atom stereocenters. The normalized spacial score (nSPS) is 10.6. The molecule has 0 bridgehead atoms. The van der Waals surface area contributed by atoms with E-state index in [0.717, 1.165) is 0 Å². The number of hydrogen-bond acceptors (Lipinski definition) is 6. The molecule has 0 amide bonds. The molecule has 0 radical (unpaired) electrons. The van der Waals surface area contributed by atoms with Crippen LogP contribution >= 0.6 is 11.6 Å². The summed E-state index contributed by atoms with van der Waals surface area (Å²) >= 11 is 6.07. The summed E-state index contributed by atoms with van der Waals surface area (Å²) in [7, 11) is 0. The van der Waals surface area contributed by atoms with Crippen LogP contribution < -0.4 is 5.73 Å². The summed E-state index contributed by atoms with van der Waals surface area (Å²) in [6.07, 6.45) is 3.00. The Morgan fingerprint density at radius 3 is 2.68 bits per heavy atom. The van der Waals surface area contributed by atoms with E-state index in [1.807, 2.05) is 12.1 Å². The molecule has 0 saturated heterocycles. The van der Waals surface area contributed by atoms with Crippen molar-refractivity contribution in [3.05, 3.63) is 41.7 Å². The molecule has 0 fully saturated rings. The van der Waals surface area contributed by atoms with Gasteiger partial charge in [-0.05, 0) is 12.1 Å². The minimum Gasteiger partial charge on any atom is -0.382 e. The first kappa shape index (κ1) is 11.6. The fraction of sp³-hybridized carbons (Fsp3) is 0. The SMILES string of the molecule is Nc1nccnc1-c1nc(-c2ccccc2Cl)no1. The summed E-state index contributed by atoms with van der Waals surface area (Å²) in [5, 5.41) is 4.41. The van der Waals surface area contributed by atoms with Crippen molar-refractivity contribution in [3.63, 3.8) is 0 Å². The summed E-state index contributed by atoms with van der Waals surface area (Å²) in [5.41, 5.74) is 6.74. The van der Waals surface area contributed by atoms with Gasteiger partial charge in [-0.2, -0.15) is 4.98 Å². The van der Waals surface area contributed by atoms with Gasteiger partial charge >= 0.3 is 0 Å². The zero-order valence-electron chi connectivity index (χ0n) is 9.62. The Hall–Kier alpha value is -2.47. The van der Waals surface area contributed by atoms with Crippen LogP contribution in [0.4, 0.5) is 5.82 Å². The minimum atomic E-state index is 0.209. The van der Waals surface area contributed by atoms with Gasteiger partial charge in [0.25, 0.3) is 5.89 Å². The largest absolute Gasteiger partial charge is 0.382 e. The molecule has 2 N–H and O–H groups in total. The van der Waals surface area contributed by atoms with Crippen LogP contribution in [0.3, 0.4) is 0 Å². The number of benzene rings is 1. The van der Waals surface area contributed by atoms with E-state index in [-0.39, 0.29) is 11.7 Å². The zero-order chi connectivity index (χ0) is 13.2. The molecular weight excluding hydrogens is 266 g/mol. The van der Waals surface area contributed by atoms with Gasteiger partial charge in [0.15, 0.2) is 11.5 Å². The van der Waals surface area contributed by atoms with Crippen molar-refractivity contribution in [1.29, 1.82) is 0 Å². The maximum Gasteiger partial charge on any atom is 0.280 e. The number of nitrogens with two attached hydrogens (primary N) is 1. The lowest BCUT2D eigenvalue weighted by Crippen LogP contribution is -1.96. The number of nitrogen functional groups attached to an aromatic ring is 1. The lowest BCUT2D eigenvalue weighted by atomic mass is 10.2. The van der Waals surface area contributed by atoms with E-state index in [4.69, 9.17) is 21.9 Å². The summed E-state index contributed by atoms with van der Waals surface area (Å²) in [6.45, 7) is 0. The summed E-state index contributed by atoms with van der Waals surface area (Å²) < 4.78 is 5.14. The smallest absolute Gasteiger partial charge is 0.280 e. The van der Waals surface area contributed by atoms with Crippen molar-refractivity contribution < 1.29 is 4.52 Å². The molecule has 3 aromatic rings. The third-order valence-electron chi connectivity index (χ3n) is 2.47. The molecule has 7 heteroatoms. The summed E-state index contributed by atoms with van der Waals surface area (Å²) in [5.74, 6) is 0.822. The van der Waals surface area contributed by atoms with Gasteiger partial charge in [-0.15, -0.1) is 0 Å². The van der Waals surface area contributed by atoms with Gasteiger partial charge in [0.2, 0.25) is 5.82 Å². The average Bonchev–Trinajstić information content (AvgIpc) is 2.89. The number of halogens is 1. The fourth-order valence-electron chi connectivity index (χ4n) is 1.59. The highest BCUT2D eigenvalue weighted by Gasteiger charge is 2.16. The number of anilines is 1. The molecule has 0 spiro atoms. The predicted molar refractivity (Wildman–Crippen MR) is 70.2 cm³/mol. The second-order valence-corrected chi connectivity index (χ2v) is 4.10. The van der Waals surface area contributed by atoms with Gasteiger partial charge in [-0.1, -0.05) is 28.9 Å². The molecule has 2 aromatic heterocycles. The van der Waals surface area contributed by atoms with E-state index in [9.17, 15) is 0 Å². The Kier molecular flexibility index (Phi) is 2.85. The van der Waals surface area contributed by atoms with Crippen molar-refractivity contribution >= 4 is 17.4 Å². The molecule has 3 rings (SSSR count). The van der Waals surface area contributed by atoms with E-state index in [1.165, 1.54) is 12.4 Å². The second-order valence-electron chi connectivity index (χ2n) is 3.69. The van der Waals surface area contributed by atoms with Crippen molar-refractivity contribution in [2.24, 2.45) is 0 Å². The average molecular weight is 274 g/mol. The van der Waals surface area contributed by atoms with Gasteiger partial charge in [0.05, 0.1) is 5.02 Å². The standard InChI is InChI=1S/C12H8ClN5O/c13-8-4-2-1-3-7(8)11-17-12(19-18-11)9-10(14)16-6-5-15-9/h1-6H,(H2,14,16). The van der Waals surface area contributed by atoms with Crippen LogP contribution in [0.1, 0.15) is 0 Å². The Morgan fingerprint density at radius 2 is 1.89 bits per heavy atom. The number of hydrogen-bond donors (Lipinski definition) is 1. The number of rotatable bonds is 2. The van der Waals surface area contributed by atoms with E-state index in [2.05, 4.69) is 20.1 Å². The Bertz CT molecular complexity index is 667. The van der Waals surface area contributed by atoms with Crippen LogP contribution in [0, 0.1) is 0 Å². The summed E-state index contributed by atoms with van der Waals surface area (Å²) in [4.78, 5) is 12.2. The second kappa shape index (κ2) is 4.66. The molecular formula is C12H8ClN5O. The quantitative estimate of drug-likeness (QED) is 0.771. The van der Waals surface area contributed by atoms with Crippen LogP contribution in [0.25, 0.3) is 23.0 Å². The van der Waals surface area contributed by atoms with Gasteiger partial charge in [0.1, 0.15) is 0 Å². The molecule has 1 aromatic carbocycles. The van der Waals surface area contributed by atoms with Crippen LogP contribution in [-0.4, -0.2) is 20.1 Å². The first-order valence-electron chi connectivity index (χ1n) is 5.41. The van der Waals surface area contributed by atoms with Crippen LogP contribution in [0.15, 0.2) is 41.2 Å². The van der Waals surface area contributed by atoms with Crippen molar-refractivity contribution in [3.8, 4) is 23.0 Å². The number of nitrogens with zero attached hydrogens (tertiary/aromatic N) is 4. The molecule has 0 aliphatic rings. The van der Waals surface area contributed by atoms with Crippen molar-refractivity contribution in [2.75, 3.05) is 5.73 Å². The van der Waals surface area contributed by atoms with Crippen LogP contribution in [0.2, 0.25) is 5.02 Å². The van der Waals surface area contributed by atoms with Crippen molar-refractivity contribution in [2.45, 2.75) is 0 Å². The molecule has 0 aliphatic carbocycles. The number of aromatic nitrogens is 4. The maximum absolute atomic E-state index is 6.07. The molecule has 0 saturated carbocycles. The highest BCUT2D eigenvalue weighted by atomic mass is 35.5. The van der Waals surface area contributed by atoms with Crippen LogP contribution in [-0.2, 0) is 0 Å². The van der Waals surface area contributed by atoms with Crippen LogP contribution in [0.5, 0.6) is 0 Å². The topological polar surface area (TPSA) is 90.7 Å². The van der Waals surface area contributed by atoms with E-state index in [1.54, 1.807) is 12.1 Å². The molecule has 6 nitrogen and oxygen atoms in total. The molecule has 94 valence electrons. The Morgan fingerprint density at radius 1 is 1.11 bits per heavy atom. The minimum absolute atomic E-state index is 0.209. The molecule has 2 heterocycles. The Labute approximate surface area is 113 Å². The lowest BCUT2D eigenvalue weighted by Gasteiger charge is -1.97. The third-order valence-corrected chi connectivity index (χ3v) is 2.80. The zero-order valence-corrected chi connectivity index (χ0v) is 10.4. The van der Waals surface area contributed by atoms with Gasteiger partial charge < -0.3 is 10.3 Å². The predicted octanol–water partition coefficient (Wildman–Crippen LogP) is 2.43. The van der Waals surface area contributed by atoms with E-state index >= 15 is 0 Å². The summed E-state index contributed by atoms with van der Waals surface area (Å²) in [6, 6.07) is 7.22. The van der Waals surface area contributed by atoms with Crippen molar-refractivity contribution in [1.82, 2.24) is 20.1 Å². The molecule has 0 aliphatic heterocycles. The fourth-order valence-corrected chi connectivity index (χ4v) is 1.81. The van der Waals surface area contributed by atoms with Gasteiger partial charge in [-0.25, -0.2) is 9.97 Å². The molecule has 19 heavy (non-hydrogen) atoms. The first-order valence-corrected chi connectivity index (χ1v) is 5.79.